The molecule has 7 heteroatoms. The molecule has 0 unspecified atom stereocenters. The fraction of sp³-hybridized carbons (Fsp3) is 0.0233. The molecule has 0 saturated heterocycles. The van der Waals surface area contributed by atoms with Gasteiger partial charge in [-0.05, 0) is 73.8 Å². The summed E-state index contributed by atoms with van der Waals surface area (Å²) in [5, 5.41) is 70.1. The zero-order chi connectivity index (χ0) is 34.3. The summed E-state index contributed by atoms with van der Waals surface area (Å²) >= 11 is 0. The number of benzene rings is 7. The molecule has 1 aromatic heterocycles. The van der Waals surface area contributed by atoms with Gasteiger partial charge in [0.25, 0.3) is 0 Å². The number of phenolic OH excluding ortho intramolecular Hbond substituents is 6. The monoisotopic (exact) mass is 656 g/mol. The van der Waals surface area contributed by atoms with Gasteiger partial charge >= 0.3 is 0 Å². The molecule has 1 aliphatic carbocycles. The predicted molar refractivity (Wildman–Crippen MR) is 198 cm³/mol. The maximum absolute atomic E-state index is 11.0. The Morgan fingerprint density at radius 1 is 0.420 bits per heavy atom. The molecule has 0 atom stereocenters. The number of aromatic hydroxyl groups is 6. The molecule has 0 radical (unpaired) electrons. The van der Waals surface area contributed by atoms with Gasteiger partial charge in [0.05, 0.1) is 5.56 Å². The second-order valence-electron chi connectivity index (χ2n) is 12.4. The van der Waals surface area contributed by atoms with E-state index in [1.807, 2.05) is 85.0 Å². The Labute approximate surface area is 284 Å². The Kier molecular flexibility index (Phi) is 6.35. The molecule has 6 N–H and O–H groups in total. The van der Waals surface area contributed by atoms with Crippen molar-refractivity contribution in [2.24, 2.45) is 0 Å². The van der Waals surface area contributed by atoms with E-state index in [2.05, 4.69) is 24.3 Å². The van der Waals surface area contributed by atoms with Crippen LogP contribution < -0.4 is 0 Å². The van der Waals surface area contributed by atoms with Crippen molar-refractivity contribution in [2.45, 2.75) is 6.42 Å². The van der Waals surface area contributed by atoms with Crippen LogP contribution in [-0.4, -0.2) is 30.6 Å². The first-order chi connectivity index (χ1) is 24.3. The molecular formula is C43H28O7. The van der Waals surface area contributed by atoms with Gasteiger partial charge in [0.15, 0.2) is 11.5 Å². The molecule has 0 amide bonds. The Morgan fingerprint density at radius 3 is 1.52 bits per heavy atom. The van der Waals surface area contributed by atoms with Crippen LogP contribution in [0.15, 0.2) is 114 Å². The summed E-state index contributed by atoms with van der Waals surface area (Å²) in [7, 11) is 0. The van der Waals surface area contributed by atoms with Crippen molar-refractivity contribution >= 4 is 55.4 Å². The van der Waals surface area contributed by atoms with E-state index in [1.54, 1.807) is 12.1 Å². The number of rotatable bonds is 3. The number of allylic oxidation sites excluding steroid dienone is 2. The molecule has 9 rings (SSSR count). The lowest BCUT2D eigenvalue weighted by atomic mass is 9.83. The third-order valence-corrected chi connectivity index (χ3v) is 9.74. The number of hydrogen-bond acceptors (Lipinski definition) is 7. The molecule has 0 spiro atoms. The molecule has 0 fully saturated rings. The van der Waals surface area contributed by atoms with E-state index in [1.165, 1.54) is 0 Å². The molecule has 8 aromatic rings. The molecule has 1 heterocycles. The Hall–Kier alpha value is -6.86. The largest absolute Gasteiger partial charge is 0.507 e. The fourth-order valence-corrected chi connectivity index (χ4v) is 7.53. The SMILES string of the molecule is Oc1c(O)c(O)c(-c2ccc(-c3c4ccccc4c(-c4ccc(O)c5ccccc45)c4ccccc34)c3c4c(oc23)C=CCC=C4)c(O)c1O. The van der Waals surface area contributed by atoms with Crippen molar-refractivity contribution in [1.29, 1.82) is 0 Å². The van der Waals surface area contributed by atoms with Crippen LogP contribution in [0.2, 0.25) is 0 Å². The number of phenols is 6. The van der Waals surface area contributed by atoms with Gasteiger partial charge < -0.3 is 35.1 Å². The fourth-order valence-electron chi connectivity index (χ4n) is 7.53. The van der Waals surface area contributed by atoms with E-state index >= 15 is 0 Å². The quantitative estimate of drug-likeness (QED) is 0.0633. The highest BCUT2D eigenvalue weighted by molar-refractivity contribution is 6.26. The van der Waals surface area contributed by atoms with Crippen molar-refractivity contribution in [1.82, 2.24) is 0 Å². The normalized spacial score (nSPS) is 12.6. The zero-order valence-corrected chi connectivity index (χ0v) is 26.3. The molecule has 7 nitrogen and oxygen atoms in total. The van der Waals surface area contributed by atoms with Crippen molar-refractivity contribution in [3.63, 3.8) is 0 Å². The minimum Gasteiger partial charge on any atom is -0.507 e. The minimum absolute atomic E-state index is 0.208. The molecule has 242 valence electrons. The average molecular weight is 657 g/mol. The average Bonchev–Trinajstić information content (AvgIpc) is 3.35. The summed E-state index contributed by atoms with van der Waals surface area (Å²) < 4.78 is 6.51. The second kappa shape index (κ2) is 10.8. The lowest BCUT2D eigenvalue weighted by Gasteiger charge is -2.20. The highest BCUT2D eigenvalue weighted by Gasteiger charge is 2.29. The molecule has 0 bridgehead atoms. The first-order valence-corrected chi connectivity index (χ1v) is 16.1. The van der Waals surface area contributed by atoms with Crippen LogP contribution in [0.5, 0.6) is 34.5 Å². The molecule has 0 saturated carbocycles. The predicted octanol–water partition coefficient (Wildman–Crippen LogP) is 10.6. The van der Waals surface area contributed by atoms with Crippen LogP contribution in [0.3, 0.4) is 0 Å². The van der Waals surface area contributed by atoms with Crippen molar-refractivity contribution in [3.8, 4) is 67.9 Å². The van der Waals surface area contributed by atoms with Gasteiger partial charge in [0.2, 0.25) is 17.2 Å². The van der Waals surface area contributed by atoms with E-state index in [-0.39, 0.29) is 16.9 Å². The summed E-state index contributed by atoms with van der Waals surface area (Å²) in [6, 6.07) is 31.5. The van der Waals surface area contributed by atoms with E-state index in [0.29, 0.717) is 23.2 Å². The number of fused-ring (bicyclic) bond motifs is 6. The van der Waals surface area contributed by atoms with Gasteiger partial charge in [0, 0.05) is 21.9 Å². The van der Waals surface area contributed by atoms with Gasteiger partial charge in [0.1, 0.15) is 17.1 Å². The van der Waals surface area contributed by atoms with Gasteiger partial charge in [-0.15, -0.1) is 0 Å². The summed E-state index contributed by atoms with van der Waals surface area (Å²) in [6.45, 7) is 0. The highest BCUT2D eigenvalue weighted by Crippen LogP contribution is 2.57. The second-order valence-corrected chi connectivity index (χ2v) is 12.4. The van der Waals surface area contributed by atoms with Gasteiger partial charge in [-0.25, -0.2) is 0 Å². The van der Waals surface area contributed by atoms with Crippen LogP contribution in [0.1, 0.15) is 17.7 Å². The van der Waals surface area contributed by atoms with E-state index in [4.69, 9.17) is 4.42 Å². The standard InChI is InChI=1S/C43H28O7/c44-32-21-20-28(22-10-4-5-11-23(22)32)34-24-12-6-8-14-26(24)35(27-15-9-7-13-25(27)34)30-18-19-31(37-38(45)40(47)42(49)41(48)39(37)46)43-36(30)29-16-2-1-3-17-33(29)50-43/h2-21,44-49H,1H2. The van der Waals surface area contributed by atoms with Crippen molar-refractivity contribution < 1.29 is 35.1 Å². The lowest BCUT2D eigenvalue weighted by Crippen LogP contribution is -1.93. The van der Waals surface area contributed by atoms with Gasteiger partial charge in [-0.3, -0.25) is 0 Å². The summed E-state index contributed by atoms with van der Waals surface area (Å²) in [5.74, 6) is -3.78. The van der Waals surface area contributed by atoms with Crippen LogP contribution in [-0.2, 0) is 0 Å². The van der Waals surface area contributed by atoms with Crippen LogP contribution in [0, 0.1) is 0 Å². The lowest BCUT2D eigenvalue weighted by molar-refractivity contribution is 0.330. The summed E-state index contributed by atoms with van der Waals surface area (Å²) in [5.41, 5.74) is 4.81. The maximum Gasteiger partial charge on any atom is 0.208 e. The molecule has 1 aliphatic rings. The highest BCUT2D eigenvalue weighted by atomic mass is 16.4. The topological polar surface area (TPSA) is 135 Å². The Morgan fingerprint density at radius 2 is 0.900 bits per heavy atom. The first-order valence-electron chi connectivity index (χ1n) is 16.1. The summed E-state index contributed by atoms with van der Waals surface area (Å²) in [6.07, 6.45) is 8.56. The van der Waals surface area contributed by atoms with Crippen molar-refractivity contribution in [2.75, 3.05) is 0 Å². The van der Waals surface area contributed by atoms with Crippen LogP contribution >= 0.6 is 0 Å². The molecular weight excluding hydrogens is 628 g/mol. The molecule has 7 aromatic carbocycles. The Bertz CT molecular complexity index is 2720. The third kappa shape index (κ3) is 4.04. The van der Waals surface area contributed by atoms with Crippen LogP contribution in [0.4, 0.5) is 0 Å². The minimum atomic E-state index is -1.03. The Balaban J connectivity index is 1.44. The smallest absolute Gasteiger partial charge is 0.208 e. The van der Waals surface area contributed by atoms with E-state index in [9.17, 15) is 30.6 Å². The maximum atomic E-state index is 11.0. The number of furan rings is 1. The van der Waals surface area contributed by atoms with E-state index in [0.717, 1.165) is 60.1 Å². The van der Waals surface area contributed by atoms with E-state index < -0.39 is 28.7 Å². The van der Waals surface area contributed by atoms with Gasteiger partial charge in [-0.1, -0.05) is 103 Å². The third-order valence-electron chi connectivity index (χ3n) is 9.74. The number of hydrogen-bond donors (Lipinski definition) is 6. The summed E-state index contributed by atoms with van der Waals surface area (Å²) in [4.78, 5) is 0. The molecule has 50 heavy (non-hydrogen) atoms. The molecule has 0 aliphatic heterocycles. The van der Waals surface area contributed by atoms with Gasteiger partial charge in [-0.2, -0.15) is 0 Å². The first kappa shape index (κ1) is 29.3. The van der Waals surface area contributed by atoms with Crippen molar-refractivity contribution in [3.05, 3.63) is 121 Å². The van der Waals surface area contributed by atoms with Crippen LogP contribution in [0.25, 0.3) is 88.8 Å². The zero-order valence-electron chi connectivity index (χ0n) is 26.3.